The number of carbonyl (C=O) groups excluding carboxylic acids is 1. The molecule has 6 bridgehead atoms. The number of allylic oxidation sites excluding steroid dienone is 2. The highest BCUT2D eigenvalue weighted by Crippen LogP contribution is 2.62. The van der Waals surface area contributed by atoms with Gasteiger partial charge in [-0.2, -0.15) is 4.31 Å². The first kappa shape index (κ1) is 34.1. The molecule has 0 saturated heterocycles. The number of aliphatic hydroxyl groups is 2. The first-order valence-electron chi connectivity index (χ1n) is 18.5. The highest BCUT2D eigenvalue weighted by molar-refractivity contribution is 7.88. The minimum Gasteiger partial charge on any atom is -0.393 e. The van der Waals surface area contributed by atoms with Crippen molar-refractivity contribution in [2.45, 2.75) is 115 Å². The van der Waals surface area contributed by atoms with Crippen molar-refractivity contribution in [2.75, 3.05) is 19.3 Å². The Morgan fingerprint density at radius 2 is 1.60 bits per heavy atom. The Balaban J connectivity index is 1.27. The summed E-state index contributed by atoms with van der Waals surface area (Å²) in [5, 5.41) is 23.9. The fourth-order valence-corrected chi connectivity index (χ4v) is 12.3. The van der Waals surface area contributed by atoms with Gasteiger partial charge in [0, 0.05) is 29.6 Å². The van der Waals surface area contributed by atoms with E-state index in [-0.39, 0.29) is 23.7 Å². The molecule has 7 heteroatoms. The summed E-state index contributed by atoms with van der Waals surface area (Å²) in [5.74, 6) is 1.96. The van der Waals surface area contributed by atoms with Crippen LogP contribution in [0.5, 0.6) is 0 Å². The van der Waals surface area contributed by atoms with Gasteiger partial charge in [-0.1, -0.05) is 61.0 Å². The molecule has 5 fully saturated rings. The fraction of sp³-hybridized carbons (Fsp3) is 0.634. The van der Waals surface area contributed by atoms with Crippen LogP contribution in [0.2, 0.25) is 0 Å². The summed E-state index contributed by atoms with van der Waals surface area (Å²) in [6, 6.07) is 15.4. The van der Waals surface area contributed by atoms with Gasteiger partial charge in [0.25, 0.3) is 0 Å². The van der Waals surface area contributed by atoms with E-state index >= 15 is 0 Å². The van der Waals surface area contributed by atoms with Crippen LogP contribution in [-0.2, 0) is 16.4 Å². The highest BCUT2D eigenvalue weighted by Gasteiger charge is 2.59. The molecule has 2 aromatic carbocycles. The van der Waals surface area contributed by atoms with E-state index in [1.807, 2.05) is 42.5 Å². The zero-order chi connectivity index (χ0) is 33.9. The third-order valence-electron chi connectivity index (χ3n) is 13.5. The average molecular weight is 674 g/mol. The number of sulfonamides is 1. The molecule has 6 nitrogen and oxygen atoms in total. The molecule has 0 amide bonds. The van der Waals surface area contributed by atoms with Crippen LogP contribution >= 0.6 is 0 Å². The lowest BCUT2D eigenvalue weighted by Crippen LogP contribution is -2.57. The van der Waals surface area contributed by atoms with Crippen molar-refractivity contribution in [3.05, 3.63) is 82.4 Å². The summed E-state index contributed by atoms with van der Waals surface area (Å²) in [6.45, 7) is 4.86. The third-order valence-corrected chi connectivity index (χ3v) is 14.7. The van der Waals surface area contributed by atoms with E-state index < -0.39 is 27.1 Å². The summed E-state index contributed by atoms with van der Waals surface area (Å²) < 4.78 is 28.9. The van der Waals surface area contributed by atoms with Crippen LogP contribution in [0.25, 0.3) is 0 Å². The number of benzene rings is 2. The number of hydrogen-bond donors (Lipinski definition) is 2. The molecule has 7 aliphatic rings. The molecule has 0 aromatic heterocycles. The van der Waals surface area contributed by atoms with Crippen LogP contribution in [0, 0.1) is 28.6 Å². The van der Waals surface area contributed by atoms with E-state index in [2.05, 4.69) is 26.0 Å². The van der Waals surface area contributed by atoms with Crippen molar-refractivity contribution in [1.29, 1.82) is 0 Å². The summed E-state index contributed by atoms with van der Waals surface area (Å²) >= 11 is 0. The van der Waals surface area contributed by atoms with Gasteiger partial charge in [0.15, 0.2) is 5.78 Å². The van der Waals surface area contributed by atoms with Crippen molar-refractivity contribution < 1.29 is 23.4 Å². The first-order valence-corrected chi connectivity index (χ1v) is 20.3. The van der Waals surface area contributed by atoms with Crippen LogP contribution in [0.3, 0.4) is 0 Å². The van der Waals surface area contributed by atoms with Crippen molar-refractivity contribution in [3.63, 3.8) is 0 Å². The monoisotopic (exact) mass is 673 g/mol. The van der Waals surface area contributed by atoms with Gasteiger partial charge in [-0.15, -0.1) is 0 Å². The van der Waals surface area contributed by atoms with E-state index in [1.54, 1.807) is 4.31 Å². The molecule has 0 aliphatic heterocycles. The minimum absolute atomic E-state index is 0.0197. The quantitative estimate of drug-likeness (QED) is 0.236. The molecule has 9 rings (SSSR count). The third kappa shape index (κ3) is 6.50. The largest absolute Gasteiger partial charge is 0.393 e. The summed E-state index contributed by atoms with van der Waals surface area (Å²) in [4.78, 5) is 14.2. The molecule has 0 unspecified atom stereocenters. The Labute approximate surface area is 288 Å². The van der Waals surface area contributed by atoms with Crippen molar-refractivity contribution >= 4 is 15.8 Å². The highest BCUT2D eigenvalue weighted by atomic mass is 32.2. The van der Waals surface area contributed by atoms with E-state index in [1.165, 1.54) is 31.1 Å². The predicted molar refractivity (Wildman–Crippen MR) is 190 cm³/mol. The van der Waals surface area contributed by atoms with Crippen LogP contribution in [0.1, 0.15) is 124 Å². The number of hydrogen-bond acceptors (Lipinski definition) is 5. The lowest BCUT2D eigenvalue weighted by atomic mass is 9.49. The molecular weight excluding hydrogens is 619 g/mol. The zero-order valence-electron chi connectivity index (χ0n) is 29.2. The topological polar surface area (TPSA) is 94.9 Å². The van der Waals surface area contributed by atoms with Gasteiger partial charge in [-0.25, -0.2) is 8.42 Å². The van der Waals surface area contributed by atoms with Crippen molar-refractivity contribution in [2.24, 2.45) is 28.6 Å². The number of ketones is 1. The van der Waals surface area contributed by atoms with Gasteiger partial charge >= 0.3 is 0 Å². The number of carbonyl (C=O) groups is 1. The smallest absolute Gasteiger partial charge is 0.211 e. The Morgan fingerprint density at radius 3 is 2.25 bits per heavy atom. The Morgan fingerprint density at radius 1 is 0.938 bits per heavy atom. The molecule has 0 spiro atoms. The SMILES string of the molecule is CC1=CCC[C@@]2(C)[C@@H](CC[C@@]2(O)CN(CC23CC4CC(CC(C4)C2)C3)S(C)(=O)=O)c2ccc(cc2C(=O)c2ccccc2)C[C@@H](O)CC1. The maximum Gasteiger partial charge on any atom is 0.211 e. The summed E-state index contributed by atoms with van der Waals surface area (Å²) in [6.07, 6.45) is 14.8. The van der Waals surface area contributed by atoms with Gasteiger partial charge in [0.2, 0.25) is 10.0 Å². The lowest BCUT2D eigenvalue weighted by molar-refractivity contribution is -0.0919. The molecular formula is C41H55NO5S. The Bertz CT molecular complexity index is 1630. The van der Waals surface area contributed by atoms with Crippen LogP contribution in [0.4, 0.5) is 0 Å². The standard InChI is InChI=1S/C41H55NO5S/c1-28-8-7-16-39(2)37(35-14-12-29(21-34(43)13-11-28)22-36(35)38(44)33-9-5-4-6-10-33)15-17-41(39,45)27-42(48(3,46)47)26-40-23-30-18-31(24-40)20-32(19-30)25-40/h4-6,8-10,12,14,22,30-32,34,37,43,45H,7,11,13,15-21,23-27H2,1-3H3/t30?,31?,32?,34-,37-,39-,40?,41+/m0/s1. The van der Waals surface area contributed by atoms with E-state index in [0.29, 0.717) is 67.5 Å². The van der Waals surface area contributed by atoms with Gasteiger partial charge in [-0.3, -0.25) is 4.79 Å². The van der Waals surface area contributed by atoms with E-state index in [0.717, 1.165) is 43.2 Å². The van der Waals surface area contributed by atoms with Crippen molar-refractivity contribution in [3.8, 4) is 0 Å². The first-order chi connectivity index (χ1) is 22.8. The lowest BCUT2D eigenvalue weighted by Gasteiger charge is -2.58. The molecule has 0 radical (unpaired) electrons. The molecule has 48 heavy (non-hydrogen) atoms. The Hall–Kier alpha value is -2.32. The zero-order valence-corrected chi connectivity index (χ0v) is 30.0. The molecule has 4 atom stereocenters. The van der Waals surface area contributed by atoms with Gasteiger partial charge in [0.05, 0.1) is 18.0 Å². The second-order valence-corrected chi connectivity index (χ2v) is 19.1. The van der Waals surface area contributed by atoms with Crippen molar-refractivity contribution in [1.82, 2.24) is 4.31 Å². The van der Waals surface area contributed by atoms with Crippen LogP contribution in [-0.4, -0.2) is 59.8 Å². The minimum atomic E-state index is -3.59. The number of rotatable bonds is 7. The predicted octanol–water partition coefficient (Wildman–Crippen LogP) is 7.43. The number of aliphatic hydroxyl groups excluding tert-OH is 1. The summed E-state index contributed by atoms with van der Waals surface area (Å²) in [7, 11) is -3.59. The van der Waals surface area contributed by atoms with Crippen LogP contribution in [0.15, 0.2) is 60.2 Å². The maximum absolute atomic E-state index is 14.2. The summed E-state index contributed by atoms with van der Waals surface area (Å²) in [5.41, 5.74) is 2.40. The van der Waals surface area contributed by atoms with Gasteiger partial charge in [0.1, 0.15) is 0 Å². The van der Waals surface area contributed by atoms with E-state index in [4.69, 9.17) is 0 Å². The molecule has 5 saturated carbocycles. The second kappa shape index (κ2) is 12.8. The number of nitrogens with zero attached hydrogens (tertiary/aromatic N) is 1. The Kier molecular flexibility index (Phi) is 9.09. The van der Waals surface area contributed by atoms with Gasteiger partial charge < -0.3 is 10.2 Å². The molecule has 2 N–H and O–H groups in total. The average Bonchev–Trinajstić information content (AvgIpc) is 3.27. The molecule has 0 heterocycles. The fourth-order valence-electron chi connectivity index (χ4n) is 11.4. The molecule has 260 valence electrons. The molecule has 2 aromatic rings. The number of fused-ring (bicyclic) bond motifs is 8. The van der Waals surface area contributed by atoms with Crippen LogP contribution < -0.4 is 0 Å². The molecule has 7 aliphatic carbocycles. The van der Waals surface area contributed by atoms with Gasteiger partial charge in [-0.05, 0) is 137 Å². The maximum atomic E-state index is 14.2. The van der Waals surface area contributed by atoms with E-state index in [9.17, 15) is 23.4 Å². The second-order valence-electron chi connectivity index (χ2n) is 17.1. The normalized spacial score (nSPS) is 36.5.